The van der Waals surface area contributed by atoms with E-state index in [-0.39, 0.29) is 18.2 Å². The van der Waals surface area contributed by atoms with Gasteiger partial charge >= 0.3 is 0 Å². The van der Waals surface area contributed by atoms with Crippen LogP contribution >= 0.6 is 0 Å². The van der Waals surface area contributed by atoms with Gasteiger partial charge < -0.3 is 15.8 Å². The van der Waals surface area contributed by atoms with Crippen molar-refractivity contribution in [1.29, 1.82) is 0 Å². The third kappa shape index (κ3) is 4.41. The van der Waals surface area contributed by atoms with Crippen LogP contribution in [-0.2, 0) is 10.0 Å². The number of nitrogens with two attached hydrogens (primary N) is 1. The third-order valence-electron chi connectivity index (χ3n) is 1.92. The summed E-state index contributed by atoms with van der Waals surface area (Å²) in [4.78, 5) is 7.69. The topological polar surface area (TPSA) is 119 Å². The van der Waals surface area contributed by atoms with E-state index < -0.39 is 10.0 Å². The number of rotatable bonds is 6. The second-order valence-corrected chi connectivity index (χ2v) is 5.15. The zero-order valence-electron chi connectivity index (χ0n) is 9.60. The zero-order chi connectivity index (χ0) is 12.9. The van der Waals surface area contributed by atoms with Gasteiger partial charge in [-0.3, -0.25) is 0 Å². The number of nitrogen functional groups attached to an aromatic ring is 1. The molecule has 1 aromatic heterocycles. The fourth-order valence-electron chi connectivity index (χ4n) is 1.05. The first-order valence-electron chi connectivity index (χ1n) is 4.80. The number of hydrogen-bond acceptors (Lipinski definition) is 7. The smallest absolute Gasteiger partial charge is 0.225 e. The molecule has 0 fully saturated rings. The van der Waals surface area contributed by atoms with Crippen molar-refractivity contribution in [1.82, 2.24) is 14.7 Å². The maximum Gasteiger partial charge on any atom is 0.225 e. The van der Waals surface area contributed by atoms with Gasteiger partial charge in [0, 0.05) is 12.6 Å². The average Bonchev–Trinajstić information content (AvgIpc) is 2.28. The molecule has 96 valence electrons. The van der Waals surface area contributed by atoms with Gasteiger partial charge in [-0.1, -0.05) is 0 Å². The second kappa shape index (κ2) is 5.64. The number of ether oxygens (including phenoxy) is 1. The second-order valence-electron chi connectivity index (χ2n) is 3.10. The molecule has 17 heavy (non-hydrogen) atoms. The van der Waals surface area contributed by atoms with Gasteiger partial charge in [-0.2, -0.15) is 9.97 Å². The highest BCUT2D eigenvalue weighted by Crippen LogP contribution is 2.13. The highest BCUT2D eigenvalue weighted by atomic mass is 32.2. The molecule has 0 atom stereocenters. The number of sulfonamides is 1. The molecule has 8 nitrogen and oxygen atoms in total. The summed E-state index contributed by atoms with van der Waals surface area (Å²) in [6.07, 6.45) is 0. The van der Waals surface area contributed by atoms with Crippen LogP contribution in [0.25, 0.3) is 0 Å². The van der Waals surface area contributed by atoms with Crippen molar-refractivity contribution in [2.45, 2.75) is 0 Å². The minimum absolute atomic E-state index is 0.0586. The standard InChI is InChI=1S/C8H15N5O3S/c1-10-17(14,15)4-3-11-6-5-7(16-2)13-8(9)12-6/h5,10H,3-4H2,1-2H3,(H3,9,11,12,13). The minimum atomic E-state index is -3.23. The Morgan fingerprint density at radius 1 is 1.47 bits per heavy atom. The van der Waals surface area contributed by atoms with Crippen LogP contribution < -0.4 is 20.5 Å². The number of methoxy groups -OCH3 is 1. The molecule has 1 heterocycles. The van der Waals surface area contributed by atoms with Crippen molar-refractivity contribution in [3.8, 4) is 5.88 Å². The van der Waals surface area contributed by atoms with Gasteiger partial charge in [0.15, 0.2) is 0 Å². The fraction of sp³-hybridized carbons (Fsp3) is 0.500. The Morgan fingerprint density at radius 3 is 2.76 bits per heavy atom. The Labute approximate surface area is 99.6 Å². The summed E-state index contributed by atoms with van der Waals surface area (Å²) in [6, 6.07) is 1.53. The van der Waals surface area contributed by atoms with Crippen LogP contribution in [-0.4, -0.2) is 44.8 Å². The van der Waals surface area contributed by atoms with Crippen molar-refractivity contribution < 1.29 is 13.2 Å². The van der Waals surface area contributed by atoms with E-state index in [0.29, 0.717) is 11.7 Å². The lowest BCUT2D eigenvalue weighted by Crippen LogP contribution is -2.26. The van der Waals surface area contributed by atoms with Crippen LogP contribution in [0.1, 0.15) is 0 Å². The molecule has 0 aliphatic heterocycles. The molecule has 9 heteroatoms. The predicted octanol–water partition coefficient (Wildman–Crippen LogP) is -0.971. The number of hydrogen-bond donors (Lipinski definition) is 3. The predicted molar refractivity (Wildman–Crippen MR) is 64.3 cm³/mol. The molecule has 0 aliphatic carbocycles. The van der Waals surface area contributed by atoms with Crippen LogP contribution in [0.2, 0.25) is 0 Å². The SMILES string of the molecule is CNS(=O)(=O)CCNc1cc(OC)nc(N)n1. The molecule has 0 aliphatic rings. The van der Waals surface area contributed by atoms with E-state index in [1.807, 2.05) is 0 Å². The lowest BCUT2D eigenvalue weighted by Gasteiger charge is -2.07. The minimum Gasteiger partial charge on any atom is -0.481 e. The van der Waals surface area contributed by atoms with Crippen LogP contribution in [0.15, 0.2) is 6.07 Å². The molecular formula is C8H15N5O3S. The molecule has 0 aromatic carbocycles. The number of nitrogens with one attached hydrogen (secondary N) is 2. The van der Waals surface area contributed by atoms with E-state index >= 15 is 0 Å². The van der Waals surface area contributed by atoms with E-state index in [1.54, 1.807) is 0 Å². The van der Waals surface area contributed by atoms with Crippen molar-refractivity contribution in [3.63, 3.8) is 0 Å². The molecule has 0 radical (unpaired) electrons. The van der Waals surface area contributed by atoms with Crippen molar-refractivity contribution in [2.75, 3.05) is 37.5 Å². The van der Waals surface area contributed by atoms with E-state index in [2.05, 4.69) is 20.0 Å². The highest BCUT2D eigenvalue weighted by molar-refractivity contribution is 7.89. The Morgan fingerprint density at radius 2 is 2.18 bits per heavy atom. The molecule has 1 rings (SSSR count). The summed E-state index contributed by atoms with van der Waals surface area (Å²) in [6.45, 7) is 0.211. The number of aromatic nitrogens is 2. The molecule has 1 aromatic rings. The Hall–Kier alpha value is -1.61. The van der Waals surface area contributed by atoms with E-state index in [9.17, 15) is 8.42 Å². The quantitative estimate of drug-likeness (QED) is 0.602. The van der Waals surface area contributed by atoms with E-state index in [0.717, 1.165) is 0 Å². The monoisotopic (exact) mass is 261 g/mol. The molecule has 0 amide bonds. The molecule has 0 saturated carbocycles. The molecule has 0 bridgehead atoms. The number of nitrogens with zero attached hydrogens (tertiary/aromatic N) is 2. The molecule has 0 saturated heterocycles. The van der Waals surface area contributed by atoms with Gasteiger partial charge in [-0.25, -0.2) is 13.1 Å². The van der Waals surface area contributed by atoms with Gasteiger partial charge in [-0.15, -0.1) is 0 Å². The van der Waals surface area contributed by atoms with Crippen LogP contribution in [0.4, 0.5) is 11.8 Å². The summed E-state index contributed by atoms with van der Waals surface area (Å²) in [5, 5.41) is 2.82. The first-order chi connectivity index (χ1) is 7.96. The summed E-state index contributed by atoms with van der Waals surface area (Å²) in [7, 11) is -0.416. The third-order valence-corrected chi connectivity index (χ3v) is 3.28. The van der Waals surface area contributed by atoms with Gasteiger partial charge in [0.05, 0.1) is 12.9 Å². The van der Waals surface area contributed by atoms with Crippen LogP contribution in [0.5, 0.6) is 5.88 Å². The highest BCUT2D eigenvalue weighted by Gasteiger charge is 2.07. The summed E-state index contributed by atoms with van der Waals surface area (Å²) in [5.74, 6) is 0.732. The van der Waals surface area contributed by atoms with Crippen molar-refractivity contribution >= 4 is 21.8 Å². The summed E-state index contributed by atoms with van der Waals surface area (Å²) in [5.41, 5.74) is 5.45. The summed E-state index contributed by atoms with van der Waals surface area (Å²) < 4.78 is 29.4. The Kier molecular flexibility index (Phi) is 4.46. The zero-order valence-corrected chi connectivity index (χ0v) is 10.4. The van der Waals surface area contributed by atoms with E-state index in [4.69, 9.17) is 10.5 Å². The molecule has 4 N–H and O–H groups in total. The average molecular weight is 261 g/mol. The van der Waals surface area contributed by atoms with E-state index in [1.165, 1.54) is 20.2 Å². The Balaban J connectivity index is 2.61. The van der Waals surface area contributed by atoms with Crippen LogP contribution in [0, 0.1) is 0 Å². The fourth-order valence-corrected chi connectivity index (χ4v) is 1.63. The van der Waals surface area contributed by atoms with Gasteiger partial charge in [0.1, 0.15) is 5.82 Å². The lowest BCUT2D eigenvalue weighted by molar-refractivity contribution is 0.398. The Bertz CT molecular complexity index is 476. The lowest BCUT2D eigenvalue weighted by atomic mass is 10.5. The van der Waals surface area contributed by atoms with Gasteiger partial charge in [-0.05, 0) is 7.05 Å². The largest absolute Gasteiger partial charge is 0.481 e. The molecule has 0 spiro atoms. The summed E-state index contributed by atoms with van der Waals surface area (Å²) >= 11 is 0. The number of anilines is 2. The maximum atomic E-state index is 11.1. The molecular weight excluding hydrogens is 246 g/mol. The van der Waals surface area contributed by atoms with Crippen molar-refractivity contribution in [2.24, 2.45) is 0 Å². The van der Waals surface area contributed by atoms with Gasteiger partial charge in [0.25, 0.3) is 0 Å². The van der Waals surface area contributed by atoms with Crippen LogP contribution in [0.3, 0.4) is 0 Å². The van der Waals surface area contributed by atoms with Gasteiger partial charge in [0.2, 0.25) is 21.9 Å². The maximum absolute atomic E-state index is 11.1. The molecule has 0 unspecified atom stereocenters. The van der Waals surface area contributed by atoms with Crippen molar-refractivity contribution in [3.05, 3.63) is 6.07 Å². The normalized spacial score (nSPS) is 11.2. The first-order valence-corrected chi connectivity index (χ1v) is 6.45. The first kappa shape index (κ1) is 13.5.